The Morgan fingerprint density at radius 2 is 1.60 bits per heavy atom. The molecule has 0 radical (unpaired) electrons. The van der Waals surface area contributed by atoms with Crippen molar-refractivity contribution in [2.24, 2.45) is 5.92 Å². The van der Waals surface area contributed by atoms with Crippen molar-refractivity contribution in [1.29, 1.82) is 0 Å². The lowest BCUT2D eigenvalue weighted by Crippen LogP contribution is -2.28. The maximum atomic E-state index is 12.0. The third kappa shape index (κ3) is 3.96. The molecule has 108 valence electrons. The SMILES string of the molecule is CNC(=O)Nc1ccc(NC(=O)C2CCOCC2)cc1. The van der Waals surface area contributed by atoms with Gasteiger partial charge >= 0.3 is 6.03 Å². The van der Waals surface area contributed by atoms with Gasteiger partial charge in [0.05, 0.1) is 0 Å². The Labute approximate surface area is 117 Å². The predicted molar refractivity (Wildman–Crippen MR) is 76.7 cm³/mol. The van der Waals surface area contributed by atoms with E-state index in [1.165, 1.54) is 0 Å². The first-order valence-corrected chi connectivity index (χ1v) is 6.66. The summed E-state index contributed by atoms with van der Waals surface area (Å²) in [4.78, 5) is 23.2. The molecule has 2 rings (SSSR count). The fourth-order valence-electron chi connectivity index (χ4n) is 2.03. The molecule has 6 heteroatoms. The number of hydrogen-bond donors (Lipinski definition) is 3. The molecule has 0 bridgehead atoms. The van der Waals surface area contributed by atoms with Crippen molar-refractivity contribution in [1.82, 2.24) is 5.32 Å². The van der Waals surface area contributed by atoms with E-state index in [1.54, 1.807) is 31.3 Å². The predicted octanol–water partition coefficient (Wildman–Crippen LogP) is 1.80. The second kappa shape index (κ2) is 6.91. The van der Waals surface area contributed by atoms with Gasteiger partial charge in [0, 0.05) is 37.6 Å². The number of amides is 3. The van der Waals surface area contributed by atoms with E-state index in [0.717, 1.165) is 18.5 Å². The third-order valence-electron chi connectivity index (χ3n) is 3.23. The van der Waals surface area contributed by atoms with E-state index in [-0.39, 0.29) is 17.9 Å². The van der Waals surface area contributed by atoms with Crippen LogP contribution in [-0.4, -0.2) is 32.2 Å². The molecule has 1 aliphatic rings. The zero-order valence-corrected chi connectivity index (χ0v) is 11.4. The van der Waals surface area contributed by atoms with Gasteiger partial charge in [-0.25, -0.2) is 4.79 Å². The molecule has 1 fully saturated rings. The molecule has 1 aromatic carbocycles. The summed E-state index contributed by atoms with van der Waals surface area (Å²) in [7, 11) is 1.55. The van der Waals surface area contributed by atoms with Crippen LogP contribution in [0.15, 0.2) is 24.3 Å². The Kier molecular flexibility index (Phi) is 4.95. The lowest BCUT2D eigenvalue weighted by atomic mass is 9.99. The molecule has 20 heavy (non-hydrogen) atoms. The number of urea groups is 1. The summed E-state index contributed by atoms with van der Waals surface area (Å²) < 4.78 is 5.24. The number of carbonyl (C=O) groups excluding carboxylic acids is 2. The van der Waals surface area contributed by atoms with Crippen LogP contribution in [0.1, 0.15) is 12.8 Å². The van der Waals surface area contributed by atoms with Gasteiger partial charge in [-0.3, -0.25) is 4.79 Å². The first kappa shape index (κ1) is 14.3. The minimum absolute atomic E-state index is 0.0208. The van der Waals surface area contributed by atoms with Crippen LogP contribution in [0.25, 0.3) is 0 Å². The van der Waals surface area contributed by atoms with Gasteiger partial charge in [-0.05, 0) is 37.1 Å². The zero-order valence-electron chi connectivity index (χ0n) is 11.4. The van der Waals surface area contributed by atoms with Gasteiger partial charge in [0.2, 0.25) is 5.91 Å². The number of anilines is 2. The van der Waals surface area contributed by atoms with Crippen LogP contribution in [0.3, 0.4) is 0 Å². The Morgan fingerprint density at radius 3 is 2.15 bits per heavy atom. The lowest BCUT2D eigenvalue weighted by molar-refractivity contribution is -0.122. The molecule has 0 saturated carbocycles. The van der Waals surface area contributed by atoms with Crippen molar-refractivity contribution < 1.29 is 14.3 Å². The lowest BCUT2D eigenvalue weighted by Gasteiger charge is -2.21. The van der Waals surface area contributed by atoms with Gasteiger partial charge in [0.25, 0.3) is 0 Å². The topological polar surface area (TPSA) is 79.5 Å². The summed E-state index contributed by atoms with van der Waals surface area (Å²) in [5, 5.41) is 8.01. The maximum absolute atomic E-state index is 12.0. The van der Waals surface area contributed by atoms with Crippen LogP contribution in [0.5, 0.6) is 0 Å². The van der Waals surface area contributed by atoms with Crippen LogP contribution >= 0.6 is 0 Å². The van der Waals surface area contributed by atoms with E-state index in [2.05, 4.69) is 16.0 Å². The zero-order chi connectivity index (χ0) is 14.4. The Hall–Kier alpha value is -2.08. The Bertz CT molecular complexity index is 467. The molecule has 1 aliphatic heterocycles. The minimum Gasteiger partial charge on any atom is -0.381 e. The molecule has 0 atom stereocenters. The Morgan fingerprint density at radius 1 is 1.05 bits per heavy atom. The van der Waals surface area contributed by atoms with Gasteiger partial charge < -0.3 is 20.7 Å². The maximum Gasteiger partial charge on any atom is 0.318 e. The molecular formula is C14H19N3O3. The molecule has 1 heterocycles. The van der Waals surface area contributed by atoms with Crippen molar-refractivity contribution in [3.63, 3.8) is 0 Å². The fraction of sp³-hybridized carbons (Fsp3) is 0.429. The molecule has 0 unspecified atom stereocenters. The van der Waals surface area contributed by atoms with E-state index < -0.39 is 0 Å². The average molecular weight is 277 g/mol. The van der Waals surface area contributed by atoms with E-state index in [4.69, 9.17) is 4.74 Å². The van der Waals surface area contributed by atoms with Crippen LogP contribution in [-0.2, 0) is 9.53 Å². The monoisotopic (exact) mass is 277 g/mol. The number of benzene rings is 1. The summed E-state index contributed by atoms with van der Waals surface area (Å²) in [5.41, 5.74) is 1.40. The van der Waals surface area contributed by atoms with Crippen LogP contribution < -0.4 is 16.0 Å². The molecule has 0 aliphatic carbocycles. The number of ether oxygens (including phenoxy) is 1. The quantitative estimate of drug-likeness (QED) is 0.788. The molecule has 0 spiro atoms. The van der Waals surface area contributed by atoms with Crippen molar-refractivity contribution in [2.45, 2.75) is 12.8 Å². The number of rotatable bonds is 3. The number of carbonyl (C=O) groups is 2. The van der Waals surface area contributed by atoms with Gasteiger partial charge in [-0.15, -0.1) is 0 Å². The van der Waals surface area contributed by atoms with Gasteiger partial charge in [0.15, 0.2) is 0 Å². The van der Waals surface area contributed by atoms with Crippen molar-refractivity contribution >= 4 is 23.3 Å². The largest absolute Gasteiger partial charge is 0.381 e. The first-order valence-electron chi connectivity index (χ1n) is 6.66. The number of nitrogens with one attached hydrogen (secondary N) is 3. The summed E-state index contributed by atoms with van der Waals surface area (Å²) >= 11 is 0. The van der Waals surface area contributed by atoms with Gasteiger partial charge in [0.1, 0.15) is 0 Å². The molecule has 3 N–H and O–H groups in total. The summed E-state index contributed by atoms with van der Waals surface area (Å²) in [6.45, 7) is 1.29. The smallest absolute Gasteiger partial charge is 0.318 e. The average Bonchev–Trinajstić information content (AvgIpc) is 2.50. The van der Waals surface area contributed by atoms with E-state index in [1.807, 2.05) is 0 Å². The molecular weight excluding hydrogens is 258 g/mol. The van der Waals surface area contributed by atoms with Gasteiger partial charge in [-0.1, -0.05) is 0 Å². The standard InChI is InChI=1S/C14H19N3O3/c1-15-14(19)17-12-4-2-11(3-5-12)16-13(18)10-6-8-20-9-7-10/h2-5,10H,6-9H2,1H3,(H,16,18)(H2,15,17,19). The highest BCUT2D eigenvalue weighted by Gasteiger charge is 2.21. The van der Waals surface area contributed by atoms with Crippen molar-refractivity contribution in [3.8, 4) is 0 Å². The normalized spacial score (nSPS) is 15.4. The molecule has 1 saturated heterocycles. The van der Waals surface area contributed by atoms with E-state index in [0.29, 0.717) is 18.9 Å². The van der Waals surface area contributed by atoms with Crippen molar-refractivity contribution in [2.75, 3.05) is 30.9 Å². The van der Waals surface area contributed by atoms with Crippen LogP contribution in [0, 0.1) is 5.92 Å². The summed E-state index contributed by atoms with van der Waals surface area (Å²) in [5.74, 6) is 0.0488. The Balaban J connectivity index is 1.89. The third-order valence-corrected chi connectivity index (χ3v) is 3.23. The fourth-order valence-corrected chi connectivity index (χ4v) is 2.03. The highest BCUT2D eigenvalue weighted by molar-refractivity contribution is 5.93. The molecule has 1 aromatic rings. The van der Waals surface area contributed by atoms with Crippen LogP contribution in [0.2, 0.25) is 0 Å². The second-order valence-electron chi connectivity index (χ2n) is 4.66. The van der Waals surface area contributed by atoms with Crippen molar-refractivity contribution in [3.05, 3.63) is 24.3 Å². The van der Waals surface area contributed by atoms with Crippen LogP contribution in [0.4, 0.5) is 16.2 Å². The molecule has 3 amide bonds. The molecule has 0 aromatic heterocycles. The van der Waals surface area contributed by atoms with E-state index >= 15 is 0 Å². The highest BCUT2D eigenvalue weighted by Crippen LogP contribution is 2.19. The summed E-state index contributed by atoms with van der Waals surface area (Å²) in [6.07, 6.45) is 1.53. The summed E-state index contributed by atoms with van der Waals surface area (Å²) in [6, 6.07) is 6.75. The second-order valence-corrected chi connectivity index (χ2v) is 4.66. The molecule has 6 nitrogen and oxygen atoms in total. The first-order chi connectivity index (χ1) is 9.69. The van der Waals surface area contributed by atoms with E-state index in [9.17, 15) is 9.59 Å². The van der Waals surface area contributed by atoms with Gasteiger partial charge in [-0.2, -0.15) is 0 Å². The highest BCUT2D eigenvalue weighted by atomic mass is 16.5. The number of hydrogen-bond acceptors (Lipinski definition) is 3. The minimum atomic E-state index is -0.274.